The van der Waals surface area contributed by atoms with Gasteiger partial charge in [0.2, 0.25) is 0 Å². The molecule has 0 amide bonds. The molecule has 0 saturated heterocycles. The predicted molar refractivity (Wildman–Crippen MR) is 90.0 cm³/mol. The van der Waals surface area contributed by atoms with E-state index >= 15 is 0 Å². The SMILES string of the molecule is O=C(O)CN/C(Cl)=C(/Cl)NCCc1cccc2ccccc12. The van der Waals surface area contributed by atoms with Crippen molar-refractivity contribution in [1.29, 1.82) is 0 Å². The van der Waals surface area contributed by atoms with E-state index < -0.39 is 5.97 Å². The van der Waals surface area contributed by atoms with E-state index in [1.807, 2.05) is 18.2 Å². The molecule has 6 heteroatoms. The van der Waals surface area contributed by atoms with Crippen LogP contribution in [0.3, 0.4) is 0 Å². The first-order valence-electron chi connectivity index (χ1n) is 6.79. The van der Waals surface area contributed by atoms with Crippen LogP contribution in [0.5, 0.6) is 0 Å². The van der Waals surface area contributed by atoms with Gasteiger partial charge < -0.3 is 15.7 Å². The fraction of sp³-hybridized carbons (Fsp3) is 0.188. The highest BCUT2D eigenvalue weighted by atomic mass is 35.5. The number of nitrogens with one attached hydrogen (secondary N) is 2. The molecule has 0 radical (unpaired) electrons. The fourth-order valence-corrected chi connectivity index (χ4v) is 2.42. The first-order valence-corrected chi connectivity index (χ1v) is 7.55. The third-order valence-electron chi connectivity index (χ3n) is 3.14. The zero-order valence-electron chi connectivity index (χ0n) is 11.8. The smallest absolute Gasteiger partial charge is 0.322 e. The van der Waals surface area contributed by atoms with Crippen molar-refractivity contribution in [2.75, 3.05) is 13.1 Å². The third-order valence-corrected chi connectivity index (χ3v) is 3.88. The van der Waals surface area contributed by atoms with Crippen molar-refractivity contribution in [2.24, 2.45) is 0 Å². The second-order valence-corrected chi connectivity index (χ2v) is 5.45. The molecule has 0 aromatic heterocycles. The molecule has 4 nitrogen and oxygen atoms in total. The van der Waals surface area contributed by atoms with Gasteiger partial charge in [-0.15, -0.1) is 0 Å². The predicted octanol–water partition coefficient (Wildman–Crippen LogP) is 3.25. The minimum absolute atomic E-state index is 0.0991. The normalized spacial score (nSPS) is 11.9. The molecule has 3 N–H and O–H groups in total. The first-order chi connectivity index (χ1) is 10.6. The summed E-state index contributed by atoms with van der Waals surface area (Å²) in [5, 5.41) is 16.8. The second-order valence-electron chi connectivity index (χ2n) is 4.69. The van der Waals surface area contributed by atoms with Gasteiger partial charge in [-0.3, -0.25) is 4.79 Å². The number of carboxylic acid groups (broad SMARTS) is 1. The number of carbonyl (C=O) groups is 1. The van der Waals surface area contributed by atoms with E-state index in [-0.39, 0.29) is 16.9 Å². The second kappa shape index (κ2) is 7.92. The van der Waals surface area contributed by atoms with Crippen molar-refractivity contribution in [2.45, 2.75) is 6.42 Å². The average Bonchev–Trinajstić information content (AvgIpc) is 2.52. The molecule has 2 rings (SSSR count). The minimum Gasteiger partial charge on any atom is -0.480 e. The molecule has 0 unspecified atom stereocenters. The van der Waals surface area contributed by atoms with Gasteiger partial charge in [0.25, 0.3) is 0 Å². The molecule has 116 valence electrons. The molecule has 0 spiro atoms. The van der Waals surface area contributed by atoms with Gasteiger partial charge in [-0.05, 0) is 22.8 Å². The summed E-state index contributed by atoms with van der Waals surface area (Å²) < 4.78 is 0. The zero-order chi connectivity index (χ0) is 15.9. The van der Waals surface area contributed by atoms with Crippen molar-refractivity contribution in [1.82, 2.24) is 10.6 Å². The molecule has 0 aliphatic heterocycles. The highest BCUT2D eigenvalue weighted by molar-refractivity contribution is 6.38. The Hall–Kier alpha value is -1.91. The van der Waals surface area contributed by atoms with Crippen LogP contribution >= 0.6 is 23.2 Å². The van der Waals surface area contributed by atoms with Gasteiger partial charge in [0.1, 0.15) is 16.9 Å². The van der Waals surface area contributed by atoms with Crippen molar-refractivity contribution >= 4 is 39.9 Å². The third kappa shape index (κ3) is 4.55. The van der Waals surface area contributed by atoms with Crippen molar-refractivity contribution < 1.29 is 9.90 Å². The number of carboxylic acids is 1. The van der Waals surface area contributed by atoms with Crippen LogP contribution in [0.1, 0.15) is 5.56 Å². The van der Waals surface area contributed by atoms with Gasteiger partial charge in [0.15, 0.2) is 0 Å². The lowest BCUT2D eigenvalue weighted by Crippen LogP contribution is -2.24. The Labute approximate surface area is 138 Å². The maximum Gasteiger partial charge on any atom is 0.322 e. The topological polar surface area (TPSA) is 61.4 Å². The molecule has 0 fully saturated rings. The quantitative estimate of drug-likeness (QED) is 0.678. The Morgan fingerprint density at radius 2 is 1.68 bits per heavy atom. The van der Waals surface area contributed by atoms with Crippen molar-refractivity contribution in [3.8, 4) is 0 Å². The van der Waals surface area contributed by atoms with Crippen LogP contribution in [-0.4, -0.2) is 24.2 Å². The number of benzene rings is 2. The molecule has 2 aromatic carbocycles. The summed E-state index contributed by atoms with van der Waals surface area (Å²) in [5.74, 6) is -1.00. The summed E-state index contributed by atoms with van der Waals surface area (Å²) in [6.45, 7) is 0.317. The van der Waals surface area contributed by atoms with E-state index in [1.165, 1.54) is 16.3 Å². The highest BCUT2D eigenvalue weighted by Gasteiger charge is 2.04. The van der Waals surface area contributed by atoms with Gasteiger partial charge >= 0.3 is 5.97 Å². The number of hydrogen-bond acceptors (Lipinski definition) is 3. The Balaban J connectivity index is 1.95. The molecule has 2 aromatic rings. The Kier molecular flexibility index (Phi) is 5.92. The maximum absolute atomic E-state index is 10.4. The fourth-order valence-electron chi connectivity index (χ4n) is 2.13. The summed E-state index contributed by atoms with van der Waals surface area (Å²) in [5.41, 5.74) is 1.21. The first kappa shape index (κ1) is 16.5. The average molecular weight is 339 g/mol. The Bertz CT molecular complexity index is 696. The molecule has 0 saturated carbocycles. The minimum atomic E-state index is -1.00. The van der Waals surface area contributed by atoms with Crippen LogP contribution in [0, 0.1) is 0 Å². The largest absolute Gasteiger partial charge is 0.480 e. The molecule has 22 heavy (non-hydrogen) atoms. The molecule has 0 aliphatic carbocycles. The standard InChI is InChI=1S/C16H16Cl2N2O2/c17-15(16(18)20-10-14(21)22)19-9-8-12-6-3-5-11-4-1-2-7-13(11)12/h1-7,19-20H,8-10H2,(H,21,22)/b16-15-. The molecular formula is C16H16Cl2N2O2. The lowest BCUT2D eigenvalue weighted by molar-refractivity contribution is -0.135. The van der Waals surface area contributed by atoms with Crippen molar-refractivity contribution in [3.63, 3.8) is 0 Å². The van der Waals surface area contributed by atoms with Crippen LogP contribution in [0.2, 0.25) is 0 Å². The Morgan fingerprint density at radius 1 is 1.00 bits per heavy atom. The summed E-state index contributed by atoms with van der Waals surface area (Å²) in [6, 6.07) is 14.4. The van der Waals surface area contributed by atoms with Crippen LogP contribution in [0.25, 0.3) is 10.8 Å². The van der Waals surface area contributed by atoms with E-state index in [0.29, 0.717) is 6.54 Å². The number of halogens is 2. The lowest BCUT2D eigenvalue weighted by atomic mass is 10.0. The van der Waals surface area contributed by atoms with Gasteiger partial charge in [0, 0.05) is 6.54 Å². The molecule has 0 atom stereocenters. The summed E-state index contributed by atoms with van der Waals surface area (Å²) in [4.78, 5) is 10.4. The Morgan fingerprint density at radius 3 is 2.45 bits per heavy atom. The van der Waals surface area contributed by atoms with Crippen LogP contribution in [0.4, 0.5) is 0 Å². The molecule has 0 heterocycles. The number of aliphatic carboxylic acids is 1. The molecule has 0 bridgehead atoms. The monoisotopic (exact) mass is 338 g/mol. The number of rotatable bonds is 7. The number of hydrogen-bond donors (Lipinski definition) is 3. The zero-order valence-corrected chi connectivity index (χ0v) is 13.3. The van der Waals surface area contributed by atoms with E-state index in [1.54, 1.807) is 0 Å². The van der Waals surface area contributed by atoms with Crippen LogP contribution < -0.4 is 10.6 Å². The van der Waals surface area contributed by atoms with E-state index in [0.717, 1.165) is 6.42 Å². The lowest BCUT2D eigenvalue weighted by Gasteiger charge is -2.10. The summed E-state index contributed by atoms with van der Waals surface area (Å²) >= 11 is 11.8. The molecular weight excluding hydrogens is 323 g/mol. The molecule has 0 aliphatic rings. The van der Waals surface area contributed by atoms with Crippen LogP contribution in [0.15, 0.2) is 52.8 Å². The van der Waals surface area contributed by atoms with Gasteiger partial charge in [0.05, 0.1) is 0 Å². The number of fused-ring (bicyclic) bond motifs is 1. The summed E-state index contributed by atoms with van der Waals surface area (Å²) in [6.07, 6.45) is 0.778. The van der Waals surface area contributed by atoms with E-state index in [2.05, 4.69) is 34.9 Å². The van der Waals surface area contributed by atoms with E-state index in [9.17, 15) is 4.79 Å². The highest BCUT2D eigenvalue weighted by Crippen LogP contribution is 2.18. The van der Waals surface area contributed by atoms with Gasteiger partial charge in [-0.25, -0.2) is 0 Å². The van der Waals surface area contributed by atoms with E-state index in [4.69, 9.17) is 28.3 Å². The van der Waals surface area contributed by atoms with Gasteiger partial charge in [-0.1, -0.05) is 65.7 Å². The van der Waals surface area contributed by atoms with Gasteiger partial charge in [-0.2, -0.15) is 0 Å². The van der Waals surface area contributed by atoms with Crippen molar-refractivity contribution in [3.05, 3.63) is 58.3 Å². The maximum atomic E-state index is 10.4. The summed E-state index contributed by atoms with van der Waals surface area (Å²) in [7, 11) is 0. The van der Waals surface area contributed by atoms with Crippen LogP contribution in [-0.2, 0) is 11.2 Å².